The van der Waals surface area contributed by atoms with Crippen molar-refractivity contribution in [2.24, 2.45) is 5.92 Å². The van der Waals surface area contributed by atoms with Crippen LogP contribution in [0.3, 0.4) is 0 Å². The van der Waals surface area contributed by atoms with Crippen molar-refractivity contribution in [2.45, 2.75) is 32.1 Å². The van der Waals surface area contributed by atoms with Gasteiger partial charge in [-0.15, -0.1) is 0 Å². The van der Waals surface area contributed by atoms with Crippen molar-refractivity contribution in [3.63, 3.8) is 0 Å². The van der Waals surface area contributed by atoms with Gasteiger partial charge in [0, 0.05) is 17.5 Å². The summed E-state index contributed by atoms with van der Waals surface area (Å²) in [5.41, 5.74) is 0.869. The highest BCUT2D eigenvalue weighted by molar-refractivity contribution is 6.30. The summed E-state index contributed by atoms with van der Waals surface area (Å²) in [5.74, 6) is -0.456. The molecule has 1 aliphatic heterocycles. The number of amides is 1. The number of hydrogen-bond acceptors (Lipinski definition) is 3. The normalized spacial score (nSPS) is 17.4. The molecule has 1 aliphatic rings. The van der Waals surface area contributed by atoms with Crippen molar-refractivity contribution in [3.05, 3.63) is 34.9 Å². The van der Waals surface area contributed by atoms with Gasteiger partial charge < -0.3 is 10.4 Å². The molecule has 5 nitrogen and oxygen atoms in total. The summed E-state index contributed by atoms with van der Waals surface area (Å²) >= 11 is 5.88. The third kappa shape index (κ3) is 6.13. The van der Waals surface area contributed by atoms with E-state index in [0.717, 1.165) is 37.4 Å². The maximum absolute atomic E-state index is 12.1. The standard InChI is InChI=1S/C18H25ClN2O3/c1-13-6-8-21(9-7-13)12-17(22)20-11-15(10-18(23)24)14-2-4-16(19)5-3-14/h2-5,13,15H,6-12H2,1H3,(H,20,22)(H,23,24). The minimum Gasteiger partial charge on any atom is -0.481 e. The fraction of sp³-hybridized carbons (Fsp3) is 0.556. The third-order valence-corrected chi connectivity index (χ3v) is 4.80. The number of carbonyl (C=O) groups excluding carboxylic acids is 1. The van der Waals surface area contributed by atoms with Gasteiger partial charge in [0.2, 0.25) is 5.91 Å². The lowest BCUT2D eigenvalue weighted by Crippen LogP contribution is -2.42. The van der Waals surface area contributed by atoms with E-state index in [1.54, 1.807) is 12.1 Å². The van der Waals surface area contributed by atoms with Gasteiger partial charge in [0.25, 0.3) is 0 Å². The van der Waals surface area contributed by atoms with E-state index in [1.165, 1.54) is 0 Å². The smallest absolute Gasteiger partial charge is 0.304 e. The SMILES string of the molecule is CC1CCN(CC(=O)NCC(CC(=O)O)c2ccc(Cl)cc2)CC1. The molecule has 6 heteroatoms. The predicted octanol–water partition coefficient (Wildman–Crippen LogP) is 2.75. The summed E-state index contributed by atoms with van der Waals surface area (Å²) in [4.78, 5) is 25.4. The third-order valence-electron chi connectivity index (χ3n) is 4.55. The van der Waals surface area contributed by atoms with Gasteiger partial charge in [0.05, 0.1) is 13.0 Å². The number of carboxylic acid groups (broad SMARTS) is 1. The topological polar surface area (TPSA) is 69.6 Å². The molecule has 0 spiro atoms. The van der Waals surface area contributed by atoms with Gasteiger partial charge in [-0.3, -0.25) is 14.5 Å². The number of halogens is 1. The lowest BCUT2D eigenvalue weighted by atomic mass is 9.95. The van der Waals surface area contributed by atoms with Crippen LogP contribution in [0.2, 0.25) is 5.02 Å². The summed E-state index contributed by atoms with van der Waals surface area (Å²) in [5, 5.41) is 12.6. The molecule has 24 heavy (non-hydrogen) atoms. The monoisotopic (exact) mass is 352 g/mol. The van der Waals surface area contributed by atoms with Crippen LogP contribution in [-0.4, -0.2) is 48.1 Å². The number of carbonyl (C=O) groups is 2. The quantitative estimate of drug-likeness (QED) is 0.791. The first-order valence-corrected chi connectivity index (χ1v) is 8.78. The molecule has 1 heterocycles. The molecular formula is C18H25ClN2O3. The molecule has 2 N–H and O–H groups in total. The number of aliphatic carboxylic acids is 1. The molecule has 0 aromatic heterocycles. The Labute approximate surface area is 148 Å². The van der Waals surface area contributed by atoms with Crippen LogP contribution in [0.5, 0.6) is 0 Å². The van der Waals surface area contributed by atoms with Crippen LogP contribution in [0, 0.1) is 5.92 Å². The molecule has 1 fully saturated rings. The lowest BCUT2D eigenvalue weighted by molar-refractivity contribution is -0.137. The number of benzene rings is 1. The second kappa shape index (κ2) is 9.04. The van der Waals surface area contributed by atoms with Crippen LogP contribution in [0.25, 0.3) is 0 Å². The van der Waals surface area contributed by atoms with Gasteiger partial charge in [0.15, 0.2) is 0 Å². The molecule has 0 saturated carbocycles. The Balaban J connectivity index is 1.86. The molecule has 1 atom stereocenters. The number of rotatable bonds is 7. The number of nitrogens with one attached hydrogen (secondary N) is 1. The van der Waals surface area contributed by atoms with E-state index in [4.69, 9.17) is 16.7 Å². The van der Waals surface area contributed by atoms with Gasteiger partial charge in [-0.1, -0.05) is 30.7 Å². The molecule has 0 radical (unpaired) electrons. The molecule has 1 amide bonds. The Morgan fingerprint density at radius 2 is 1.92 bits per heavy atom. The Bertz CT molecular complexity index is 554. The van der Waals surface area contributed by atoms with E-state index in [1.807, 2.05) is 12.1 Å². The van der Waals surface area contributed by atoms with E-state index in [2.05, 4.69) is 17.1 Å². The van der Waals surface area contributed by atoms with Gasteiger partial charge in [-0.25, -0.2) is 0 Å². The van der Waals surface area contributed by atoms with Gasteiger partial charge in [-0.2, -0.15) is 0 Å². The van der Waals surface area contributed by atoms with E-state index in [0.29, 0.717) is 18.1 Å². The first-order chi connectivity index (χ1) is 11.4. The van der Waals surface area contributed by atoms with Crippen molar-refractivity contribution < 1.29 is 14.7 Å². The first kappa shape index (κ1) is 18.7. The minimum atomic E-state index is -0.880. The van der Waals surface area contributed by atoms with Crippen LogP contribution in [-0.2, 0) is 9.59 Å². The number of likely N-dealkylation sites (tertiary alicyclic amines) is 1. The Morgan fingerprint density at radius 3 is 2.50 bits per heavy atom. The van der Waals surface area contributed by atoms with Crippen LogP contribution in [0.15, 0.2) is 24.3 Å². The van der Waals surface area contributed by atoms with E-state index in [9.17, 15) is 9.59 Å². The van der Waals surface area contributed by atoms with Crippen molar-refractivity contribution in [2.75, 3.05) is 26.2 Å². The number of carboxylic acids is 1. The maximum atomic E-state index is 12.1. The Hall–Kier alpha value is -1.59. The number of hydrogen-bond donors (Lipinski definition) is 2. The zero-order valence-corrected chi connectivity index (χ0v) is 14.8. The van der Waals surface area contributed by atoms with Crippen molar-refractivity contribution in [1.82, 2.24) is 10.2 Å². The molecule has 2 rings (SSSR count). The highest BCUT2D eigenvalue weighted by Gasteiger charge is 2.20. The zero-order chi connectivity index (χ0) is 17.5. The lowest BCUT2D eigenvalue weighted by Gasteiger charge is -2.29. The molecule has 132 valence electrons. The van der Waals surface area contributed by atoms with Gasteiger partial charge >= 0.3 is 5.97 Å². The molecule has 1 aromatic carbocycles. The molecule has 1 unspecified atom stereocenters. The number of nitrogens with zero attached hydrogens (tertiary/aromatic N) is 1. The predicted molar refractivity (Wildman–Crippen MR) is 94.3 cm³/mol. The highest BCUT2D eigenvalue weighted by atomic mass is 35.5. The average Bonchev–Trinajstić information content (AvgIpc) is 2.54. The van der Waals surface area contributed by atoms with Crippen molar-refractivity contribution in [1.29, 1.82) is 0 Å². The van der Waals surface area contributed by atoms with Gasteiger partial charge in [0.1, 0.15) is 0 Å². The summed E-state index contributed by atoms with van der Waals surface area (Å²) < 4.78 is 0. The van der Waals surface area contributed by atoms with Crippen LogP contribution >= 0.6 is 11.6 Å². The Morgan fingerprint density at radius 1 is 1.29 bits per heavy atom. The highest BCUT2D eigenvalue weighted by Crippen LogP contribution is 2.21. The van der Waals surface area contributed by atoms with Gasteiger partial charge in [-0.05, 0) is 49.5 Å². The van der Waals surface area contributed by atoms with Crippen molar-refractivity contribution in [3.8, 4) is 0 Å². The zero-order valence-electron chi connectivity index (χ0n) is 14.0. The Kier molecular flexibility index (Phi) is 7.06. The average molecular weight is 353 g/mol. The fourth-order valence-corrected chi connectivity index (χ4v) is 3.10. The molecule has 1 aromatic rings. The molecular weight excluding hydrogens is 328 g/mol. The number of piperidine rings is 1. The second-order valence-corrected chi connectivity index (χ2v) is 7.05. The van der Waals surface area contributed by atoms with E-state index in [-0.39, 0.29) is 18.2 Å². The molecule has 1 saturated heterocycles. The minimum absolute atomic E-state index is 0.0247. The fourth-order valence-electron chi connectivity index (χ4n) is 2.97. The first-order valence-electron chi connectivity index (χ1n) is 8.40. The molecule has 0 bridgehead atoms. The summed E-state index contributed by atoms with van der Waals surface area (Å²) in [7, 11) is 0. The summed E-state index contributed by atoms with van der Waals surface area (Å²) in [6.07, 6.45) is 2.22. The van der Waals surface area contributed by atoms with E-state index < -0.39 is 5.97 Å². The van der Waals surface area contributed by atoms with Crippen molar-refractivity contribution >= 4 is 23.5 Å². The van der Waals surface area contributed by atoms with Crippen LogP contribution in [0.4, 0.5) is 0 Å². The summed E-state index contributed by atoms with van der Waals surface area (Å²) in [6, 6.07) is 7.10. The van der Waals surface area contributed by atoms with E-state index >= 15 is 0 Å². The van der Waals surface area contributed by atoms with Crippen LogP contribution in [0.1, 0.15) is 37.7 Å². The maximum Gasteiger partial charge on any atom is 0.304 e. The summed E-state index contributed by atoms with van der Waals surface area (Å²) in [6.45, 7) is 4.83. The van der Waals surface area contributed by atoms with Crippen LogP contribution < -0.4 is 5.32 Å². The second-order valence-electron chi connectivity index (χ2n) is 6.61. The molecule has 0 aliphatic carbocycles. The largest absolute Gasteiger partial charge is 0.481 e.